The highest BCUT2D eigenvalue weighted by atomic mass is 16.5. The number of ether oxygens (including phenoxy) is 1. The highest BCUT2D eigenvalue weighted by Crippen LogP contribution is 2.14. The van der Waals surface area contributed by atoms with Crippen molar-refractivity contribution < 1.29 is 9.53 Å². The number of aromatic nitrogens is 2. The summed E-state index contributed by atoms with van der Waals surface area (Å²) in [6, 6.07) is 3.63. The Hall–Kier alpha value is -1.92. The first-order valence-corrected chi connectivity index (χ1v) is 7.63. The third kappa shape index (κ3) is 2.98. The molecule has 3 rings (SSSR count). The van der Waals surface area contributed by atoms with Crippen molar-refractivity contribution in [2.45, 2.75) is 6.42 Å². The zero-order valence-electron chi connectivity index (χ0n) is 13.2. The van der Waals surface area contributed by atoms with Crippen molar-refractivity contribution in [2.24, 2.45) is 0 Å². The molecule has 0 atom stereocenters. The standard InChI is InChI=1S/C16H22N4O2/c1-18-8-10-19(11-9-18)7-5-15-17-12-14-13(16(21)22-2)4-3-6-20(14)15/h3-4,6,12H,5,7-11H2,1-2H3. The maximum Gasteiger partial charge on any atom is 0.340 e. The van der Waals surface area contributed by atoms with Gasteiger partial charge in [0.05, 0.1) is 24.4 Å². The van der Waals surface area contributed by atoms with E-state index >= 15 is 0 Å². The Morgan fingerprint density at radius 1 is 1.32 bits per heavy atom. The van der Waals surface area contributed by atoms with Gasteiger partial charge in [-0.25, -0.2) is 9.78 Å². The van der Waals surface area contributed by atoms with Crippen LogP contribution in [0.5, 0.6) is 0 Å². The third-order valence-corrected chi connectivity index (χ3v) is 4.30. The van der Waals surface area contributed by atoms with Crippen LogP contribution in [0.4, 0.5) is 0 Å². The fourth-order valence-electron chi connectivity index (χ4n) is 2.87. The first-order valence-electron chi connectivity index (χ1n) is 7.63. The van der Waals surface area contributed by atoms with Crippen molar-refractivity contribution in [1.29, 1.82) is 0 Å². The van der Waals surface area contributed by atoms with Gasteiger partial charge in [-0.05, 0) is 19.2 Å². The van der Waals surface area contributed by atoms with Crippen molar-refractivity contribution in [3.05, 3.63) is 35.9 Å². The molecule has 0 unspecified atom stereocenters. The molecule has 2 aromatic heterocycles. The van der Waals surface area contributed by atoms with Gasteiger partial charge in [0.25, 0.3) is 0 Å². The maximum atomic E-state index is 11.8. The van der Waals surface area contributed by atoms with Gasteiger partial charge in [-0.2, -0.15) is 0 Å². The molecule has 1 fully saturated rings. The Labute approximate surface area is 130 Å². The van der Waals surface area contributed by atoms with Crippen LogP contribution in [-0.2, 0) is 11.2 Å². The van der Waals surface area contributed by atoms with Crippen molar-refractivity contribution in [2.75, 3.05) is 46.9 Å². The summed E-state index contributed by atoms with van der Waals surface area (Å²) >= 11 is 0. The molecule has 1 aliphatic rings. The monoisotopic (exact) mass is 302 g/mol. The Morgan fingerprint density at radius 2 is 2.09 bits per heavy atom. The summed E-state index contributed by atoms with van der Waals surface area (Å²) in [6.45, 7) is 5.44. The van der Waals surface area contributed by atoms with Gasteiger partial charge in [0, 0.05) is 45.3 Å². The minimum atomic E-state index is -0.323. The summed E-state index contributed by atoms with van der Waals surface area (Å²) in [7, 11) is 3.56. The molecule has 3 heterocycles. The van der Waals surface area contributed by atoms with Crippen LogP contribution < -0.4 is 0 Å². The predicted molar refractivity (Wildman–Crippen MR) is 84.2 cm³/mol. The van der Waals surface area contributed by atoms with Gasteiger partial charge in [0.1, 0.15) is 5.82 Å². The first kappa shape index (κ1) is 15.0. The molecule has 0 aromatic carbocycles. The van der Waals surface area contributed by atoms with E-state index in [-0.39, 0.29) is 5.97 Å². The van der Waals surface area contributed by atoms with Crippen LogP contribution in [0, 0.1) is 0 Å². The summed E-state index contributed by atoms with van der Waals surface area (Å²) < 4.78 is 6.81. The summed E-state index contributed by atoms with van der Waals surface area (Å²) in [5, 5.41) is 0. The molecule has 0 saturated carbocycles. The van der Waals surface area contributed by atoms with Gasteiger partial charge in [-0.15, -0.1) is 0 Å². The fourth-order valence-corrected chi connectivity index (χ4v) is 2.87. The maximum absolute atomic E-state index is 11.8. The van der Waals surface area contributed by atoms with Gasteiger partial charge in [0.15, 0.2) is 0 Å². The third-order valence-electron chi connectivity index (χ3n) is 4.30. The van der Waals surface area contributed by atoms with Crippen LogP contribution in [0.3, 0.4) is 0 Å². The molecule has 0 N–H and O–H groups in total. The normalized spacial score (nSPS) is 17.0. The molecular weight excluding hydrogens is 280 g/mol. The fraction of sp³-hybridized carbons (Fsp3) is 0.500. The number of imidazole rings is 1. The van der Waals surface area contributed by atoms with Crippen LogP contribution in [0.2, 0.25) is 0 Å². The molecule has 0 spiro atoms. The summed E-state index contributed by atoms with van der Waals surface area (Å²) in [6.07, 6.45) is 4.59. The molecule has 0 amide bonds. The SMILES string of the molecule is COC(=O)c1cccn2c(CCN3CCN(C)CC3)ncc12. The number of nitrogens with zero attached hydrogens (tertiary/aromatic N) is 4. The molecule has 2 aromatic rings. The van der Waals surface area contributed by atoms with E-state index < -0.39 is 0 Å². The number of likely N-dealkylation sites (N-methyl/N-ethyl adjacent to an activating group) is 1. The van der Waals surface area contributed by atoms with E-state index in [2.05, 4.69) is 21.8 Å². The number of hydrogen-bond donors (Lipinski definition) is 0. The molecule has 1 aliphatic heterocycles. The van der Waals surface area contributed by atoms with Crippen LogP contribution in [-0.4, -0.2) is 72.0 Å². The van der Waals surface area contributed by atoms with Crippen molar-refractivity contribution in [3.63, 3.8) is 0 Å². The minimum Gasteiger partial charge on any atom is -0.465 e. The molecule has 1 saturated heterocycles. The van der Waals surface area contributed by atoms with Gasteiger partial charge < -0.3 is 18.9 Å². The van der Waals surface area contributed by atoms with E-state index in [0.29, 0.717) is 5.56 Å². The number of rotatable bonds is 4. The second kappa shape index (κ2) is 6.46. The van der Waals surface area contributed by atoms with E-state index in [4.69, 9.17) is 4.74 Å². The number of esters is 1. The number of pyridine rings is 1. The number of piperazine rings is 1. The van der Waals surface area contributed by atoms with Gasteiger partial charge in [-0.1, -0.05) is 0 Å². The quantitative estimate of drug-likeness (QED) is 0.786. The van der Waals surface area contributed by atoms with Crippen LogP contribution in [0.1, 0.15) is 16.2 Å². The lowest BCUT2D eigenvalue weighted by Gasteiger charge is -2.32. The zero-order chi connectivity index (χ0) is 15.5. The number of fused-ring (bicyclic) bond motifs is 1. The molecule has 22 heavy (non-hydrogen) atoms. The highest BCUT2D eigenvalue weighted by molar-refractivity contribution is 5.96. The largest absolute Gasteiger partial charge is 0.465 e. The Bertz CT molecular complexity index is 659. The Kier molecular flexibility index (Phi) is 4.40. The average molecular weight is 302 g/mol. The molecule has 6 nitrogen and oxygen atoms in total. The van der Waals surface area contributed by atoms with E-state index in [1.807, 2.05) is 16.7 Å². The molecule has 118 valence electrons. The number of methoxy groups -OCH3 is 1. The minimum absolute atomic E-state index is 0.323. The Balaban J connectivity index is 1.73. The highest BCUT2D eigenvalue weighted by Gasteiger charge is 2.16. The van der Waals surface area contributed by atoms with E-state index in [0.717, 1.165) is 50.5 Å². The second-order valence-corrected chi connectivity index (χ2v) is 5.74. The van der Waals surface area contributed by atoms with Gasteiger partial charge in [0.2, 0.25) is 0 Å². The van der Waals surface area contributed by atoms with E-state index in [1.54, 1.807) is 12.3 Å². The van der Waals surface area contributed by atoms with E-state index in [9.17, 15) is 4.79 Å². The number of hydrogen-bond acceptors (Lipinski definition) is 5. The lowest BCUT2D eigenvalue weighted by atomic mass is 10.2. The molecule has 6 heteroatoms. The zero-order valence-corrected chi connectivity index (χ0v) is 13.2. The van der Waals surface area contributed by atoms with Crippen LogP contribution in [0.25, 0.3) is 5.52 Å². The lowest BCUT2D eigenvalue weighted by Crippen LogP contribution is -2.45. The van der Waals surface area contributed by atoms with E-state index in [1.165, 1.54) is 7.11 Å². The lowest BCUT2D eigenvalue weighted by molar-refractivity contribution is 0.0602. The topological polar surface area (TPSA) is 50.1 Å². The molecule has 0 aliphatic carbocycles. The molecule has 0 bridgehead atoms. The van der Waals surface area contributed by atoms with Gasteiger partial charge in [-0.3, -0.25) is 0 Å². The molecular formula is C16H22N4O2. The van der Waals surface area contributed by atoms with Gasteiger partial charge >= 0.3 is 5.97 Å². The summed E-state index contributed by atoms with van der Waals surface area (Å²) in [5.74, 6) is 0.663. The second-order valence-electron chi connectivity index (χ2n) is 5.74. The summed E-state index contributed by atoms with van der Waals surface area (Å²) in [5.41, 5.74) is 1.37. The smallest absolute Gasteiger partial charge is 0.340 e. The number of carbonyl (C=O) groups is 1. The van der Waals surface area contributed by atoms with Crippen molar-refractivity contribution in [3.8, 4) is 0 Å². The first-order chi connectivity index (χ1) is 10.7. The summed E-state index contributed by atoms with van der Waals surface area (Å²) in [4.78, 5) is 21.1. The predicted octanol–water partition coefficient (Wildman–Crippen LogP) is 0.911. The van der Waals surface area contributed by atoms with Crippen LogP contribution >= 0.6 is 0 Å². The Morgan fingerprint density at radius 3 is 2.82 bits per heavy atom. The van der Waals surface area contributed by atoms with Crippen molar-refractivity contribution in [1.82, 2.24) is 19.2 Å². The van der Waals surface area contributed by atoms with Crippen molar-refractivity contribution >= 4 is 11.5 Å². The van der Waals surface area contributed by atoms with Crippen LogP contribution in [0.15, 0.2) is 24.5 Å². The average Bonchev–Trinajstić information content (AvgIpc) is 2.97. The number of carbonyl (C=O) groups excluding carboxylic acids is 1. The molecule has 0 radical (unpaired) electrons.